The van der Waals surface area contributed by atoms with E-state index in [0.29, 0.717) is 31.0 Å². The lowest BCUT2D eigenvalue weighted by molar-refractivity contribution is -0.132. The van der Waals surface area contributed by atoms with Crippen molar-refractivity contribution in [2.75, 3.05) is 20.2 Å². The number of carbonyl (C=O) groups is 3. The van der Waals surface area contributed by atoms with Crippen LogP contribution in [0.5, 0.6) is 5.75 Å². The third-order valence-electron chi connectivity index (χ3n) is 7.86. The Labute approximate surface area is 245 Å². The van der Waals surface area contributed by atoms with Crippen molar-refractivity contribution in [1.82, 2.24) is 14.8 Å². The molecule has 1 N–H and O–H groups in total. The molecule has 0 fully saturated rings. The number of likely N-dealkylation sites (N-methyl/N-ethyl adjacent to an activating group) is 1. The van der Waals surface area contributed by atoms with Gasteiger partial charge in [0.25, 0.3) is 0 Å². The Bertz CT molecular complexity index is 1610. The molecule has 0 radical (unpaired) electrons. The molecular weight excluding hydrogens is 534 g/mol. The van der Waals surface area contributed by atoms with Crippen molar-refractivity contribution < 1.29 is 29.0 Å². The number of allylic oxidation sites excluding steroid dienone is 2. The summed E-state index contributed by atoms with van der Waals surface area (Å²) in [5.41, 5.74) is 7.41. The average Bonchev–Trinajstić information content (AvgIpc) is 3.28. The van der Waals surface area contributed by atoms with E-state index in [1.165, 1.54) is 5.56 Å². The largest absolute Gasteiger partial charge is 0.505 e. The molecule has 5 rings (SSSR count). The monoisotopic (exact) mass is 569 g/mol. The van der Waals surface area contributed by atoms with Gasteiger partial charge >= 0.3 is 12.2 Å². The topological polar surface area (TPSA) is 109 Å². The normalized spacial score (nSPS) is 15.9. The van der Waals surface area contributed by atoms with Crippen molar-refractivity contribution in [1.29, 1.82) is 0 Å². The Morgan fingerprint density at radius 2 is 1.83 bits per heavy atom. The molecule has 0 saturated carbocycles. The lowest BCUT2D eigenvalue weighted by atomic mass is 9.98. The summed E-state index contributed by atoms with van der Waals surface area (Å²) in [5, 5.41) is 9.81. The molecule has 218 valence electrons. The third-order valence-corrected chi connectivity index (χ3v) is 7.86. The first-order valence-electron chi connectivity index (χ1n) is 14.2. The highest BCUT2D eigenvalue weighted by molar-refractivity contribution is 5.96. The van der Waals surface area contributed by atoms with Gasteiger partial charge in [0.15, 0.2) is 0 Å². The summed E-state index contributed by atoms with van der Waals surface area (Å²) in [6.45, 7) is 6.64. The van der Waals surface area contributed by atoms with Crippen LogP contribution in [0.1, 0.15) is 48.7 Å². The SMILES string of the molecule is CCc1ccc(CCN(C)C(=O)Oc2ccc3nc4c(c(CC)c3c2)CN2C(=O)C(COC(=O)O)C=C(C)C=C42)cc1. The average molecular weight is 570 g/mol. The second-order valence-electron chi connectivity index (χ2n) is 10.7. The summed E-state index contributed by atoms with van der Waals surface area (Å²) in [5.74, 6) is -0.527. The number of rotatable bonds is 8. The van der Waals surface area contributed by atoms with Gasteiger partial charge in [0.05, 0.1) is 29.4 Å². The fourth-order valence-electron chi connectivity index (χ4n) is 5.55. The van der Waals surface area contributed by atoms with Gasteiger partial charge in [-0.25, -0.2) is 14.6 Å². The van der Waals surface area contributed by atoms with Crippen LogP contribution < -0.4 is 4.74 Å². The van der Waals surface area contributed by atoms with Gasteiger partial charge < -0.3 is 24.4 Å². The number of ether oxygens (including phenoxy) is 2. The first-order chi connectivity index (χ1) is 20.2. The lowest BCUT2D eigenvalue weighted by Gasteiger charge is -2.20. The van der Waals surface area contributed by atoms with Crippen LogP contribution in [0.4, 0.5) is 9.59 Å². The van der Waals surface area contributed by atoms with Gasteiger partial charge in [0.1, 0.15) is 12.4 Å². The zero-order chi connectivity index (χ0) is 30.0. The van der Waals surface area contributed by atoms with Gasteiger partial charge in [-0.3, -0.25) is 4.79 Å². The lowest BCUT2D eigenvalue weighted by Crippen LogP contribution is -2.32. The molecule has 0 bridgehead atoms. The minimum atomic E-state index is -1.42. The van der Waals surface area contributed by atoms with Crippen molar-refractivity contribution >= 4 is 34.8 Å². The van der Waals surface area contributed by atoms with Crippen LogP contribution in [0.3, 0.4) is 0 Å². The zero-order valence-electron chi connectivity index (χ0n) is 24.3. The highest BCUT2D eigenvalue weighted by Crippen LogP contribution is 2.40. The van der Waals surface area contributed by atoms with Crippen LogP contribution in [-0.2, 0) is 35.3 Å². The van der Waals surface area contributed by atoms with E-state index in [4.69, 9.17) is 19.6 Å². The number of hydrogen-bond acceptors (Lipinski definition) is 6. The number of nitrogens with zero attached hydrogens (tertiary/aromatic N) is 3. The van der Waals surface area contributed by atoms with Crippen LogP contribution in [0.2, 0.25) is 0 Å². The van der Waals surface area contributed by atoms with E-state index in [9.17, 15) is 14.4 Å². The quantitative estimate of drug-likeness (QED) is 0.332. The second-order valence-corrected chi connectivity index (χ2v) is 10.7. The number of hydrogen-bond donors (Lipinski definition) is 1. The van der Waals surface area contributed by atoms with Crippen molar-refractivity contribution in [3.05, 3.63) is 88.1 Å². The molecule has 2 aromatic carbocycles. The van der Waals surface area contributed by atoms with Gasteiger partial charge in [-0.2, -0.15) is 0 Å². The van der Waals surface area contributed by atoms with E-state index in [2.05, 4.69) is 31.2 Å². The first kappa shape index (κ1) is 28.9. The Morgan fingerprint density at radius 1 is 1.10 bits per heavy atom. The molecule has 2 amide bonds. The minimum Gasteiger partial charge on any atom is -0.450 e. The molecule has 3 aromatic rings. The standard InChI is InChI=1S/C33H35N3O6/c1-5-21-7-9-22(10-8-21)13-14-35(4)32(38)42-24-11-12-28-26(17-24)25(6-2)27-18-36-29(30(27)34-28)16-20(3)15-23(31(36)37)19-41-33(39)40/h7-12,15-17,23H,5-6,13-14,18-19H2,1-4H3,(H,39,40). The van der Waals surface area contributed by atoms with Crippen LogP contribution >= 0.6 is 0 Å². The molecule has 1 unspecified atom stereocenters. The van der Waals surface area contributed by atoms with Crippen LogP contribution in [0.15, 0.2) is 60.2 Å². The summed E-state index contributed by atoms with van der Waals surface area (Å²) in [6, 6.07) is 13.8. The maximum atomic E-state index is 13.4. The Kier molecular flexibility index (Phi) is 8.29. The third kappa shape index (κ3) is 5.86. The molecule has 9 heteroatoms. The van der Waals surface area contributed by atoms with E-state index in [1.54, 1.807) is 29.0 Å². The summed E-state index contributed by atoms with van der Waals surface area (Å²) < 4.78 is 10.5. The van der Waals surface area contributed by atoms with Gasteiger partial charge in [-0.15, -0.1) is 0 Å². The summed E-state index contributed by atoms with van der Waals surface area (Å²) >= 11 is 0. The molecule has 1 aromatic heterocycles. The molecule has 2 aliphatic rings. The fraction of sp³-hybridized carbons (Fsp3) is 0.333. The highest BCUT2D eigenvalue weighted by atomic mass is 16.7. The molecule has 0 saturated heterocycles. The van der Waals surface area contributed by atoms with Crippen molar-refractivity contribution in [2.24, 2.45) is 5.92 Å². The number of carboxylic acid groups (broad SMARTS) is 1. The first-order valence-corrected chi connectivity index (χ1v) is 14.2. The van der Waals surface area contributed by atoms with E-state index < -0.39 is 18.2 Å². The molecular formula is C33H35N3O6. The number of fused-ring (bicyclic) bond motifs is 4. The number of pyridine rings is 1. The van der Waals surface area contributed by atoms with Crippen molar-refractivity contribution in [3.8, 4) is 5.75 Å². The summed E-state index contributed by atoms with van der Waals surface area (Å²) in [7, 11) is 1.73. The number of benzene rings is 2. The number of carbonyl (C=O) groups excluding carboxylic acids is 2. The van der Waals surface area contributed by atoms with Crippen LogP contribution in [0.25, 0.3) is 16.6 Å². The van der Waals surface area contributed by atoms with Crippen LogP contribution in [0, 0.1) is 5.92 Å². The van der Waals surface area contributed by atoms with E-state index >= 15 is 0 Å². The number of aryl methyl sites for hydroxylation is 2. The van der Waals surface area contributed by atoms with Gasteiger partial charge in [0.2, 0.25) is 5.91 Å². The smallest absolute Gasteiger partial charge is 0.450 e. The molecule has 2 aliphatic heterocycles. The van der Waals surface area contributed by atoms with E-state index in [0.717, 1.165) is 51.7 Å². The Balaban J connectivity index is 1.36. The maximum Gasteiger partial charge on any atom is 0.505 e. The number of amides is 2. The fourth-order valence-corrected chi connectivity index (χ4v) is 5.55. The number of aromatic nitrogens is 1. The molecule has 9 nitrogen and oxygen atoms in total. The van der Waals surface area contributed by atoms with Crippen LogP contribution in [-0.4, -0.2) is 58.2 Å². The van der Waals surface area contributed by atoms with E-state index in [1.807, 2.05) is 32.1 Å². The molecule has 42 heavy (non-hydrogen) atoms. The van der Waals surface area contributed by atoms with Crippen molar-refractivity contribution in [2.45, 2.75) is 46.6 Å². The maximum absolute atomic E-state index is 13.4. The van der Waals surface area contributed by atoms with Gasteiger partial charge in [0, 0.05) is 24.5 Å². The molecule has 1 atom stereocenters. The predicted molar refractivity (Wildman–Crippen MR) is 159 cm³/mol. The predicted octanol–water partition coefficient (Wildman–Crippen LogP) is 5.99. The van der Waals surface area contributed by atoms with Gasteiger partial charge in [-0.05, 0) is 67.2 Å². The Morgan fingerprint density at radius 3 is 2.52 bits per heavy atom. The minimum absolute atomic E-state index is 0.234. The zero-order valence-corrected chi connectivity index (χ0v) is 24.3. The molecule has 0 aliphatic carbocycles. The highest BCUT2D eigenvalue weighted by Gasteiger charge is 2.37. The summed E-state index contributed by atoms with van der Waals surface area (Å²) in [4.78, 5) is 45.4. The molecule has 0 spiro atoms. The summed E-state index contributed by atoms with van der Waals surface area (Å²) in [6.07, 6.45) is 4.20. The second kappa shape index (κ2) is 12.1. The van der Waals surface area contributed by atoms with E-state index in [-0.39, 0.29) is 12.5 Å². The van der Waals surface area contributed by atoms with Crippen molar-refractivity contribution in [3.63, 3.8) is 0 Å². The van der Waals surface area contributed by atoms with Gasteiger partial charge in [-0.1, -0.05) is 49.8 Å². The molecule has 3 heterocycles. The Hall–Kier alpha value is -4.66.